The summed E-state index contributed by atoms with van der Waals surface area (Å²) < 4.78 is 31.9. The Hall–Kier alpha value is -1.95. The fraction of sp³-hybridized carbons (Fsp3) is 0.250. The molecule has 0 bridgehead atoms. The van der Waals surface area contributed by atoms with Crippen molar-refractivity contribution >= 4 is 5.82 Å². The number of methoxy groups -OCH3 is 1. The van der Waals surface area contributed by atoms with E-state index in [-0.39, 0.29) is 5.56 Å². The van der Waals surface area contributed by atoms with Gasteiger partial charge in [0.1, 0.15) is 17.5 Å². The Bertz CT molecular complexity index is 508. The number of H-pyrrole nitrogens is 1. The molecule has 1 heterocycles. The molecule has 0 radical (unpaired) electrons. The normalized spacial score (nSPS) is 10.6. The highest BCUT2D eigenvalue weighted by molar-refractivity contribution is 5.64. The quantitative estimate of drug-likeness (QED) is 0.804. The summed E-state index contributed by atoms with van der Waals surface area (Å²) in [5.41, 5.74) is 0.190. The van der Waals surface area contributed by atoms with Crippen LogP contribution in [0.5, 0.6) is 0 Å². The fourth-order valence-corrected chi connectivity index (χ4v) is 1.58. The maximum Gasteiger partial charge on any atom is 0.148 e. The lowest BCUT2D eigenvalue weighted by molar-refractivity contribution is 0.210. The van der Waals surface area contributed by atoms with E-state index in [9.17, 15) is 8.78 Å². The van der Waals surface area contributed by atoms with Crippen molar-refractivity contribution in [1.29, 1.82) is 0 Å². The molecule has 0 spiro atoms. The Balaban J connectivity index is 2.19. The third-order valence-corrected chi connectivity index (χ3v) is 2.42. The van der Waals surface area contributed by atoms with Crippen molar-refractivity contribution in [1.82, 2.24) is 10.2 Å². The van der Waals surface area contributed by atoms with Crippen molar-refractivity contribution < 1.29 is 13.5 Å². The van der Waals surface area contributed by atoms with Gasteiger partial charge >= 0.3 is 0 Å². The molecular formula is C12H13F2N3O. The number of ether oxygens (including phenoxy) is 1. The number of anilines is 1. The molecule has 6 heteroatoms. The minimum atomic E-state index is -0.623. The van der Waals surface area contributed by atoms with E-state index in [0.717, 1.165) is 0 Å². The molecule has 2 aromatic rings. The van der Waals surface area contributed by atoms with Gasteiger partial charge in [-0.2, -0.15) is 5.10 Å². The number of rotatable bonds is 5. The van der Waals surface area contributed by atoms with Crippen LogP contribution < -0.4 is 5.32 Å². The van der Waals surface area contributed by atoms with Gasteiger partial charge in [0.25, 0.3) is 0 Å². The van der Waals surface area contributed by atoms with Gasteiger partial charge in [-0.05, 0) is 12.1 Å². The Labute approximate surface area is 103 Å². The van der Waals surface area contributed by atoms with E-state index < -0.39 is 11.6 Å². The first-order valence-corrected chi connectivity index (χ1v) is 5.45. The van der Waals surface area contributed by atoms with Crippen LogP contribution in [0, 0.1) is 11.6 Å². The Kier molecular flexibility index (Phi) is 3.88. The molecule has 0 amide bonds. The monoisotopic (exact) mass is 253 g/mol. The maximum atomic E-state index is 13.5. The number of hydrogen-bond acceptors (Lipinski definition) is 3. The van der Waals surface area contributed by atoms with Crippen LogP contribution in [0.15, 0.2) is 24.3 Å². The molecule has 2 N–H and O–H groups in total. The van der Waals surface area contributed by atoms with Crippen molar-refractivity contribution in [2.24, 2.45) is 0 Å². The third-order valence-electron chi connectivity index (χ3n) is 2.42. The molecule has 0 saturated carbocycles. The Morgan fingerprint density at radius 1 is 1.33 bits per heavy atom. The Morgan fingerprint density at radius 3 is 2.72 bits per heavy atom. The summed E-state index contributed by atoms with van der Waals surface area (Å²) in [7, 11) is 1.59. The lowest BCUT2D eigenvalue weighted by Crippen LogP contribution is -2.07. The van der Waals surface area contributed by atoms with Gasteiger partial charge in [0.2, 0.25) is 0 Å². The van der Waals surface area contributed by atoms with Crippen LogP contribution in [-0.2, 0) is 4.74 Å². The molecular weight excluding hydrogens is 240 g/mol. The van der Waals surface area contributed by atoms with Gasteiger partial charge in [-0.15, -0.1) is 0 Å². The first-order chi connectivity index (χ1) is 8.72. The minimum absolute atomic E-state index is 0.107. The summed E-state index contributed by atoms with van der Waals surface area (Å²) in [6.07, 6.45) is 0. The first kappa shape index (κ1) is 12.5. The molecule has 1 aromatic carbocycles. The second-order valence-corrected chi connectivity index (χ2v) is 3.68. The number of aromatic amines is 1. The van der Waals surface area contributed by atoms with Gasteiger partial charge in [-0.1, -0.05) is 6.07 Å². The maximum absolute atomic E-state index is 13.5. The van der Waals surface area contributed by atoms with Gasteiger partial charge in [0.05, 0.1) is 17.9 Å². The van der Waals surface area contributed by atoms with Crippen molar-refractivity contribution in [3.8, 4) is 11.3 Å². The highest BCUT2D eigenvalue weighted by atomic mass is 19.1. The fourth-order valence-electron chi connectivity index (χ4n) is 1.58. The van der Waals surface area contributed by atoms with Gasteiger partial charge in [-0.3, -0.25) is 5.10 Å². The van der Waals surface area contributed by atoms with Crippen molar-refractivity contribution in [2.45, 2.75) is 0 Å². The standard InChI is InChI=1S/C12H13F2N3O/c1-18-6-5-15-11-7-10(16-17-11)12-8(13)3-2-4-9(12)14/h2-4,7H,5-6H2,1H3,(H2,15,16,17). The molecule has 0 atom stereocenters. The van der Waals surface area contributed by atoms with Gasteiger partial charge < -0.3 is 10.1 Å². The lowest BCUT2D eigenvalue weighted by Gasteiger charge is -2.01. The highest BCUT2D eigenvalue weighted by Gasteiger charge is 2.13. The highest BCUT2D eigenvalue weighted by Crippen LogP contribution is 2.25. The molecule has 1 aromatic heterocycles. The van der Waals surface area contributed by atoms with E-state index in [4.69, 9.17) is 4.74 Å². The van der Waals surface area contributed by atoms with Crippen LogP contribution in [0.2, 0.25) is 0 Å². The van der Waals surface area contributed by atoms with Crippen LogP contribution in [-0.4, -0.2) is 30.5 Å². The molecule has 0 saturated heterocycles. The second kappa shape index (κ2) is 5.59. The summed E-state index contributed by atoms with van der Waals surface area (Å²) >= 11 is 0. The number of benzene rings is 1. The van der Waals surface area contributed by atoms with E-state index in [1.165, 1.54) is 18.2 Å². The number of hydrogen-bond donors (Lipinski definition) is 2. The summed E-state index contributed by atoms with van der Waals surface area (Å²) in [6, 6.07) is 5.29. The average Bonchev–Trinajstić information content (AvgIpc) is 2.78. The number of nitrogens with zero attached hydrogens (tertiary/aromatic N) is 1. The molecule has 18 heavy (non-hydrogen) atoms. The number of aromatic nitrogens is 2. The second-order valence-electron chi connectivity index (χ2n) is 3.68. The van der Waals surface area contributed by atoms with E-state index >= 15 is 0 Å². The van der Waals surface area contributed by atoms with Crippen LogP contribution in [0.25, 0.3) is 11.3 Å². The minimum Gasteiger partial charge on any atom is -0.383 e. The van der Waals surface area contributed by atoms with E-state index in [0.29, 0.717) is 24.7 Å². The SMILES string of the molecule is COCCNc1cc(-c2c(F)cccc2F)[nH]n1. The average molecular weight is 253 g/mol. The zero-order valence-corrected chi connectivity index (χ0v) is 9.84. The zero-order chi connectivity index (χ0) is 13.0. The van der Waals surface area contributed by atoms with Crippen LogP contribution in [0.4, 0.5) is 14.6 Å². The van der Waals surface area contributed by atoms with E-state index in [2.05, 4.69) is 15.5 Å². The predicted molar refractivity (Wildman–Crippen MR) is 64.3 cm³/mol. The molecule has 96 valence electrons. The molecule has 0 fully saturated rings. The number of nitrogens with one attached hydrogen (secondary N) is 2. The van der Waals surface area contributed by atoms with Gasteiger partial charge in [0.15, 0.2) is 0 Å². The van der Waals surface area contributed by atoms with Crippen molar-refractivity contribution in [3.05, 3.63) is 35.9 Å². The molecule has 0 aliphatic rings. The van der Waals surface area contributed by atoms with E-state index in [1.54, 1.807) is 13.2 Å². The van der Waals surface area contributed by atoms with Crippen LogP contribution in [0.1, 0.15) is 0 Å². The summed E-state index contributed by atoms with van der Waals surface area (Å²) in [5.74, 6) is -0.728. The summed E-state index contributed by atoms with van der Waals surface area (Å²) in [4.78, 5) is 0. The largest absolute Gasteiger partial charge is 0.383 e. The molecule has 0 aliphatic carbocycles. The van der Waals surface area contributed by atoms with Gasteiger partial charge in [0, 0.05) is 19.7 Å². The molecule has 2 rings (SSSR count). The summed E-state index contributed by atoms with van der Waals surface area (Å²) in [5, 5.41) is 9.48. The van der Waals surface area contributed by atoms with Crippen molar-refractivity contribution in [2.75, 3.05) is 25.6 Å². The molecule has 0 aliphatic heterocycles. The van der Waals surface area contributed by atoms with Crippen LogP contribution >= 0.6 is 0 Å². The number of halogens is 2. The van der Waals surface area contributed by atoms with E-state index in [1.807, 2.05) is 0 Å². The van der Waals surface area contributed by atoms with Crippen LogP contribution in [0.3, 0.4) is 0 Å². The smallest absolute Gasteiger partial charge is 0.148 e. The van der Waals surface area contributed by atoms with Crippen molar-refractivity contribution in [3.63, 3.8) is 0 Å². The predicted octanol–water partition coefficient (Wildman–Crippen LogP) is 2.41. The summed E-state index contributed by atoms with van der Waals surface area (Å²) in [6.45, 7) is 1.09. The lowest BCUT2D eigenvalue weighted by atomic mass is 10.1. The third kappa shape index (κ3) is 2.65. The molecule has 0 unspecified atom stereocenters. The van der Waals surface area contributed by atoms with Gasteiger partial charge in [-0.25, -0.2) is 8.78 Å². The topological polar surface area (TPSA) is 49.9 Å². The molecule has 4 nitrogen and oxygen atoms in total. The Morgan fingerprint density at radius 2 is 2.06 bits per heavy atom. The first-order valence-electron chi connectivity index (χ1n) is 5.45. The zero-order valence-electron chi connectivity index (χ0n) is 9.84.